The van der Waals surface area contributed by atoms with E-state index in [1.807, 2.05) is 38.1 Å². The summed E-state index contributed by atoms with van der Waals surface area (Å²) in [5.41, 5.74) is -0.276. The molecule has 4 nitrogen and oxygen atoms in total. The van der Waals surface area contributed by atoms with Gasteiger partial charge in [-0.15, -0.1) is 0 Å². The predicted octanol–water partition coefficient (Wildman–Crippen LogP) is 7.52. The molecule has 4 aliphatic rings. The smallest absolute Gasteiger partial charge is 0.396 e. The third-order valence-corrected chi connectivity index (χ3v) is 9.78. The largest absolute Gasteiger partial charge is 0.456 e. The molecular formula is C31H36F5NO3. The normalized spacial score (nSPS) is 32.7. The number of fused-ring (bicyclic) bond motifs is 4. The van der Waals surface area contributed by atoms with Crippen LogP contribution in [0.1, 0.15) is 82.8 Å². The van der Waals surface area contributed by atoms with Gasteiger partial charge in [-0.25, -0.2) is 0 Å². The number of carbonyl (C=O) groups excluding carboxylic acids is 1. The fraction of sp³-hybridized carbons (Fsp3) is 0.613. The number of benzene rings is 1. The number of ketones is 1. The summed E-state index contributed by atoms with van der Waals surface area (Å²) in [6, 6.07) is 7.35. The molecule has 218 valence electrons. The summed E-state index contributed by atoms with van der Waals surface area (Å²) >= 11 is 0. The molecule has 0 aliphatic heterocycles. The lowest BCUT2D eigenvalue weighted by Gasteiger charge is -2.56. The van der Waals surface area contributed by atoms with E-state index in [4.69, 9.17) is 4.84 Å². The SMILES string of the molecule is CC(C)CO/N=C/c1ccc([C@H]2C[C@@]3(C)C(CC[C@@]3(O)C(F)(F)C(F)(F)F)C3CCC4=CC(=O)CCC4=C32)cc1. The molecule has 5 rings (SSSR count). The number of hydrogen-bond acceptors (Lipinski definition) is 4. The van der Waals surface area contributed by atoms with E-state index in [1.54, 1.807) is 12.3 Å². The third-order valence-electron chi connectivity index (χ3n) is 9.78. The average Bonchev–Trinajstić information content (AvgIpc) is 3.17. The summed E-state index contributed by atoms with van der Waals surface area (Å²) in [6.45, 7) is 5.92. The number of nitrogens with zero attached hydrogens (tertiary/aromatic N) is 1. The lowest BCUT2D eigenvalue weighted by Crippen LogP contribution is -2.65. The van der Waals surface area contributed by atoms with Crippen molar-refractivity contribution in [2.75, 3.05) is 6.61 Å². The van der Waals surface area contributed by atoms with Crippen LogP contribution in [0.4, 0.5) is 22.0 Å². The first-order chi connectivity index (χ1) is 18.7. The van der Waals surface area contributed by atoms with Gasteiger partial charge in [-0.2, -0.15) is 22.0 Å². The Hall–Kier alpha value is -2.55. The van der Waals surface area contributed by atoms with Gasteiger partial charge in [0.15, 0.2) is 5.78 Å². The van der Waals surface area contributed by atoms with Crippen LogP contribution in [-0.4, -0.2) is 41.4 Å². The molecule has 9 heteroatoms. The fourth-order valence-corrected chi connectivity index (χ4v) is 7.82. The Morgan fingerprint density at radius 3 is 2.45 bits per heavy atom. The van der Waals surface area contributed by atoms with Crippen LogP contribution in [-0.2, 0) is 9.63 Å². The summed E-state index contributed by atoms with van der Waals surface area (Å²) < 4.78 is 71.3. The van der Waals surface area contributed by atoms with Crippen molar-refractivity contribution in [3.8, 4) is 0 Å². The van der Waals surface area contributed by atoms with Crippen LogP contribution in [0.3, 0.4) is 0 Å². The maximum absolute atomic E-state index is 15.1. The first kappa shape index (κ1) is 29.0. The van der Waals surface area contributed by atoms with Gasteiger partial charge in [-0.1, -0.05) is 55.8 Å². The second-order valence-electron chi connectivity index (χ2n) is 12.6. The first-order valence-electron chi connectivity index (χ1n) is 14.1. The van der Waals surface area contributed by atoms with Crippen molar-refractivity contribution >= 4 is 12.0 Å². The highest BCUT2D eigenvalue weighted by atomic mass is 19.4. The summed E-state index contributed by atoms with van der Waals surface area (Å²) in [6.07, 6.45) is -1.15. The number of allylic oxidation sites excluding steroid dienone is 4. The molecule has 2 unspecified atom stereocenters. The minimum atomic E-state index is -5.86. The molecule has 1 N–H and O–H groups in total. The zero-order valence-electron chi connectivity index (χ0n) is 23.0. The number of hydrogen-bond donors (Lipinski definition) is 1. The van der Waals surface area contributed by atoms with E-state index in [9.17, 15) is 23.1 Å². The monoisotopic (exact) mass is 565 g/mol. The molecule has 1 aromatic carbocycles. The Morgan fingerprint density at radius 1 is 1.10 bits per heavy atom. The van der Waals surface area contributed by atoms with Crippen LogP contribution in [0.25, 0.3) is 0 Å². The Balaban J connectivity index is 1.58. The summed E-state index contributed by atoms with van der Waals surface area (Å²) in [4.78, 5) is 17.5. The van der Waals surface area contributed by atoms with Gasteiger partial charge < -0.3 is 9.94 Å². The summed E-state index contributed by atoms with van der Waals surface area (Å²) in [5, 5.41) is 15.3. The van der Waals surface area contributed by atoms with Gasteiger partial charge in [0, 0.05) is 17.8 Å². The van der Waals surface area contributed by atoms with Crippen LogP contribution in [0.15, 0.2) is 52.2 Å². The Morgan fingerprint density at radius 2 is 1.80 bits per heavy atom. The van der Waals surface area contributed by atoms with E-state index >= 15 is 8.78 Å². The average molecular weight is 566 g/mol. The highest BCUT2D eigenvalue weighted by Crippen LogP contribution is 2.70. The topological polar surface area (TPSA) is 58.9 Å². The van der Waals surface area contributed by atoms with Crippen LogP contribution in [0.2, 0.25) is 0 Å². The first-order valence-corrected chi connectivity index (χ1v) is 14.1. The minimum absolute atomic E-state index is 0.0403. The van der Waals surface area contributed by atoms with Crippen molar-refractivity contribution in [1.29, 1.82) is 0 Å². The minimum Gasteiger partial charge on any atom is -0.396 e. The van der Waals surface area contributed by atoms with Gasteiger partial charge in [0.1, 0.15) is 12.2 Å². The molecule has 0 radical (unpaired) electrons. The van der Waals surface area contributed by atoms with Crippen LogP contribution in [0, 0.1) is 23.2 Å². The molecule has 0 amide bonds. The predicted molar refractivity (Wildman–Crippen MR) is 141 cm³/mol. The van der Waals surface area contributed by atoms with E-state index < -0.39 is 41.4 Å². The second kappa shape index (κ2) is 10.1. The van der Waals surface area contributed by atoms with E-state index in [0.29, 0.717) is 38.2 Å². The summed E-state index contributed by atoms with van der Waals surface area (Å²) in [5.74, 6) is -6.09. The van der Waals surface area contributed by atoms with E-state index in [1.165, 1.54) is 6.92 Å². The van der Waals surface area contributed by atoms with Crippen molar-refractivity contribution in [2.24, 2.45) is 28.3 Å². The molecule has 40 heavy (non-hydrogen) atoms. The molecule has 2 saturated carbocycles. The zero-order valence-corrected chi connectivity index (χ0v) is 23.0. The van der Waals surface area contributed by atoms with Gasteiger partial charge in [-0.3, -0.25) is 4.79 Å². The quantitative estimate of drug-likeness (QED) is 0.221. The van der Waals surface area contributed by atoms with Crippen LogP contribution < -0.4 is 0 Å². The third kappa shape index (κ3) is 4.52. The maximum Gasteiger partial charge on any atom is 0.456 e. The number of halogens is 5. The lowest BCUT2D eigenvalue weighted by molar-refractivity contribution is -0.362. The summed E-state index contributed by atoms with van der Waals surface area (Å²) in [7, 11) is 0. The molecule has 0 heterocycles. The van der Waals surface area contributed by atoms with Crippen molar-refractivity contribution in [2.45, 2.75) is 89.3 Å². The van der Waals surface area contributed by atoms with Crippen molar-refractivity contribution < 1.29 is 36.7 Å². The fourth-order valence-electron chi connectivity index (χ4n) is 7.82. The number of oxime groups is 1. The van der Waals surface area contributed by atoms with E-state index in [0.717, 1.165) is 27.8 Å². The highest BCUT2D eigenvalue weighted by molar-refractivity contribution is 5.93. The zero-order chi connectivity index (χ0) is 29.1. The van der Waals surface area contributed by atoms with E-state index in [2.05, 4.69) is 5.16 Å². The van der Waals surface area contributed by atoms with Gasteiger partial charge in [0.05, 0.1) is 6.21 Å². The molecule has 5 atom stereocenters. The van der Waals surface area contributed by atoms with Gasteiger partial charge in [0.2, 0.25) is 0 Å². The van der Waals surface area contributed by atoms with Gasteiger partial charge in [-0.05, 0) is 84.6 Å². The number of rotatable bonds is 6. The number of carbonyl (C=O) groups is 1. The van der Waals surface area contributed by atoms with E-state index in [-0.39, 0.29) is 24.5 Å². The highest BCUT2D eigenvalue weighted by Gasteiger charge is 2.79. The molecular weight excluding hydrogens is 529 g/mol. The number of alkyl halides is 5. The Bertz CT molecular complexity index is 1250. The number of aliphatic hydroxyl groups is 1. The van der Waals surface area contributed by atoms with Crippen molar-refractivity contribution in [3.63, 3.8) is 0 Å². The van der Waals surface area contributed by atoms with Gasteiger partial charge in [0.25, 0.3) is 0 Å². The molecule has 4 aliphatic carbocycles. The van der Waals surface area contributed by atoms with Crippen molar-refractivity contribution in [1.82, 2.24) is 0 Å². The molecule has 0 spiro atoms. The maximum atomic E-state index is 15.1. The van der Waals surface area contributed by atoms with Crippen molar-refractivity contribution in [3.05, 3.63) is 58.2 Å². The Kier molecular flexibility index (Phi) is 7.29. The molecule has 0 saturated heterocycles. The van der Waals surface area contributed by atoms with Gasteiger partial charge >= 0.3 is 12.1 Å². The molecule has 0 bridgehead atoms. The Labute approximate surface area is 231 Å². The van der Waals surface area contributed by atoms with Crippen LogP contribution >= 0.6 is 0 Å². The second-order valence-corrected chi connectivity index (χ2v) is 12.6. The standard InChI is InChI=1S/C31H36F5NO3/c1-18(2)17-40-37-16-19-4-6-20(7-5-19)25-15-28(3)26(12-13-29(28,39)30(32,33)31(34,35)36)24-10-8-21-14-22(38)9-11-23(21)27(24)25/h4-7,14,16,18,24-26,39H,8-13,15,17H2,1-3H3/b37-16+/t24?,25-,26?,28+,29+/m1/s1. The van der Waals surface area contributed by atoms with Crippen LogP contribution in [0.5, 0.6) is 0 Å². The lowest BCUT2D eigenvalue weighted by atomic mass is 9.50. The molecule has 1 aromatic rings. The molecule has 2 fully saturated rings. The molecule has 0 aromatic heterocycles.